The second-order valence-corrected chi connectivity index (χ2v) is 28.0. The molecule has 2 aromatic heterocycles. The van der Waals surface area contributed by atoms with E-state index < -0.39 is 44.9 Å². The van der Waals surface area contributed by atoms with Gasteiger partial charge in [-0.3, -0.25) is 23.6 Å². The average molecular weight is 1210 g/mol. The molecule has 1 saturated carbocycles. The number of fused-ring (bicyclic) bond motifs is 1. The van der Waals surface area contributed by atoms with Crippen LogP contribution in [0, 0.1) is 17.8 Å². The van der Waals surface area contributed by atoms with Gasteiger partial charge in [0.25, 0.3) is 0 Å². The third kappa shape index (κ3) is 35.5. The third-order valence-electron chi connectivity index (χ3n) is 18.9. The van der Waals surface area contributed by atoms with Crippen LogP contribution >= 0.6 is 7.82 Å². The number of carbonyl (C=O) groups is 2. The number of aromatic nitrogens is 4. The van der Waals surface area contributed by atoms with Crippen molar-refractivity contribution >= 4 is 36.6 Å². The molecule has 14 nitrogen and oxygen atoms in total. The van der Waals surface area contributed by atoms with Crippen molar-refractivity contribution in [1.82, 2.24) is 19.5 Å². The van der Waals surface area contributed by atoms with Gasteiger partial charge >= 0.3 is 13.8 Å². The van der Waals surface area contributed by atoms with Gasteiger partial charge in [-0.15, -0.1) is 0 Å². The predicted molar refractivity (Wildman–Crippen MR) is 349 cm³/mol. The lowest BCUT2D eigenvalue weighted by Crippen LogP contribution is -2.33. The molecule has 85 heavy (non-hydrogen) atoms. The zero-order chi connectivity index (χ0) is 60.8. The summed E-state index contributed by atoms with van der Waals surface area (Å²) in [5.74, 6) is 2.22. The van der Waals surface area contributed by atoms with Crippen molar-refractivity contribution in [3.8, 4) is 0 Å². The van der Waals surface area contributed by atoms with E-state index in [1.807, 2.05) is 0 Å². The molecule has 2 aliphatic rings. The van der Waals surface area contributed by atoms with Gasteiger partial charge in [-0.05, 0) is 37.5 Å². The van der Waals surface area contributed by atoms with E-state index in [9.17, 15) is 29.3 Å². The number of phosphoric acid groups is 1. The number of phosphoric ester groups is 1. The summed E-state index contributed by atoms with van der Waals surface area (Å²) in [7, 11) is -4.77. The first kappa shape index (κ1) is 75.0. The van der Waals surface area contributed by atoms with Gasteiger partial charge in [0.05, 0.1) is 12.9 Å². The van der Waals surface area contributed by atoms with Crippen LogP contribution in [0.25, 0.3) is 11.2 Å². The van der Waals surface area contributed by atoms with Gasteiger partial charge in [-0.1, -0.05) is 316 Å². The van der Waals surface area contributed by atoms with Crippen molar-refractivity contribution in [3.05, 3.63) is 12.7 Å². The standard InChI is InChI=1S/C70H128N5O9P/c1-3-4-5-6-7-8-9-10-11-15-20-25-30-35-40-45-50-59(2)62(76)53-48-43-38-33-28-23-19-18-22-27-32-37-42-47-52-61-55-60(61)51-46-41-36-31-26-21-16-13-12-14-17-24-29-34-39-44-49-54-64(77)84-85(80,81)82-56-63-66(78)67(79)70(83-63)75-58-74-65-68(71)72-57-73-69(65)75/h57-61,63,66-67,70,78-79H,3-56H2,1-2H3,(H,80,81)(H2,71,72,73)/t59?,60?,61?,63-,66-,67-,70-/m1/s1. The topological polar surface area (TPSA) is 209 Å². The van der Waals surface area contributed by atoms with E-state index in [0.29, 0.717) is 17.7 Å². The van der Waals surface area contributed by atoms with Crippen LogP contribution in [0.5, 0.6) is 0 Å². The maximum Gasteiger partial charge on any atom is 0.529 e. The lowest BCUT2D eigenvalue weighted by atomic mass is 9.94. The van der Waals surface area contributed by atoms with Gasteiger partial charge in [0.1, 0.15) is 35.9 Å². The summed E-state index contributed by atoms with van der Waals surface area (Å²) in [6, 6.07) is 0. The number of anilines is 1. The SMILES string of the molecule is CCCCCCCCCCCCCCCCCCC(C)C(=O)CCCCCCCCCCCCCCCCC1CC1CCCCCCCCCCCCCCCCCCCC(=O)OP(=O)(O)OC[C@H]1O[C@@H](n2cnc3c(N)ncnc32)[C@H](O)[C@@H]1O. The molecule has 0 amide bonds. The molecule has 2 fully saturated rings. The Hall–Kier alpha value is -2.48. The van der Waals surface area contributed by atoms with Crippen LogP contribution < -0.4 is 5.73 Å². The van der Waals surface area contributed by atoms with Gasteiger partial charge in [-0.2, -0.15) is 0 Å². The number of rotatable bonds is 60. The van der Waals surface area contributed by atoms with Crippen molar-refractivity contribution in [2.45, 2.75) is 379 Å². The van der Waals surface area contributed by atoms with Gasteiger partial charge in [0.15, 0.2) is 17.7 Å². The number of imidazole rings is 1. The average Bonchev–Trinajstić information content (AvgIpc) is 2.24. The summed E-state index contributed by atoms with van der Waals surface area (Å²) in [5.41, 5.74) is 6.41. The fourth-order valence-electron chi connectivity index (χ4n) is 13.1. The molecule has 8 atom stereocenters. The van der Waals surface area contributed by atoms with Crippen molar-refractivity contribution in [1.29, 1.82) is 0 Å². The first-order chi connectivity index (χ1) is 41.5. The van der Waals surface area contributed by atoms with E-state index in [2.05, 4.69) is 28.8 Å². The van der Waals surface area contributed by atoms with Gasteiger partial charge in [0, 0.05) is 18.8 Å². The molecular weight excluding hydrogens is 1090 g/mol. The van der Waals surface area contributed by atoms with E-state index in [1.54, 1.807) is 0 Å². The van der Waals surface area contributed by atoms with E-state index in [1.165, 1.54) is 306 Å². The largest absolute Gasteiger partial charge is 0.529 e. The summed E-state index contributed by atoms with van der Waals surface area (Å²) in [6.45, 7) is 3.88. The highest BCUT2D eigenvalue weighted by molar-refractivity contribution is 7.48. The number of carbonyl (C=O) groups excluding carboxylic acids is 2. The van der Waals surface area contributed by atoms with Gasteiger partial charge < -0.3 is 25.2 Å². The number of aliphatic hydroxyl groups is 2. The molecule has 0 aromatic carbocycles. The Morgan fingerprint density at radius 2 is 0.953 bits per heavy atom. The molecule has 0 bridgehead atoms. The van der Waals surface area contributed by atoms with Crippen molar-refractivity contribution < 1.29 is 43.0 Å². The fourth-order valence-corrected chi connectivity index (χ4v) is 13.8. The Morgan fingerprint density at radius 3 is 1.39 bits per heavy atom. The second kappa shape index (κ2) is 48.4. The number of unbranched alkanes of at least 4 members (excludes halogenated alkanes) is 44. The molecule has 15 heteroatoms. The maximum atomic E-state index is 12.7. The van der Waals surface area contributed by atoms with Crippen LogP contribution in [-0.4, -0.2) is 71.3 Å². The van der Waals surface area contributed by atoms with Crippen molar-refractivity contribution in [2.75, 3.05) is 12.3 Å². The number of aliphatic hydroxyl groups excluding tert-OH is 2. The van der Waals surface area contributed by atoms with Gasteiger partial charge in [-0.25, -0.2) is 19.5 Å². The molecule has 4 rings (SSSR count). The predicted octanol–water partition coefficient (Wildman–Crippen LogP) is 19.8. The van der Waals surface area contributed by atoms with E-state index in [0.717, 1.165) is 50.4 Å². The fraction of sp³-hybridized carbons (Fsp3) is 0.900. The summed E-state index contributed by atoms with van der Waals surface area (Å²) in [5, 5.41) is 21.1. The molecule has 0 radical (unpaired) electrons. The third-order valence-corrected chi connectivity index (χ3v) is 19.8. The summed E-state index contributed by atoms with van der Waals surface area (Å²) >= 11 is 0. The lowest BCUT2D eigenvalue weighted by molar-refractivity contribution is -0.136. The molecule has 1 saturated heterocycles. The molecule has 1 aliphatic carbocycles. The highest BCUT2D eigenvalue weighted by atomic mass is 31.2. The van der Waals surface area contributed by atoms with Crippen LogP contribution in [0.1, 0.15) is 360 Å². The number of hydrogen-bond donors (Lipinski definition) is 4. The van der Waals surface area contributed by atoms with Gasteiger partial charge in [0.2, 0.25) is 0 Å². The van der Waals surface area contributed by atoms with Crippen LogP contribution in [0.15, 0.2) is 12.7 Å². The molecule has 0 spiro atoms. The molecular formula is C70H128N5O9P. The first-order valence-corrected chi connectivity index (χ1v) is 37.7. The molecule has 492 valence electrons. The number of nitrogens with zero attached hydrogens (tertiary/aromatic N) is 4. The lowest BCUT2D eigenvalue weighted by Gasteiger charge is -2.17. The Balaban J connectivity index is 0.776. The first-order valence-electron chi connectivity index (χ1n) is 36.2. The molecule has 4 unspecified atom stereocenters. The summed E-state index contributed by atoms with van der Waals surface area (Å²) < 4.78 is 29.3. The normalized spacial score (nSPS) is 19.7. The van der Waals surface area contributed by atoms with E-state index in [4.69, 9.17) is 19.5 Å². The monoisotopic (exact) mass is 1210 g/mol. The van der Waals surface area contributed by atoms with Crippen LogP contribution in [0.2, 0.25) is 0 Å². The van der Waals surface area contributed by atoms with Crippen LogP contribution in [0.3, 0.4) is 0 Å². The summed E-state index contributed by atoms with van der Waals surface area (Å²) in [4.78, 5) is 47.2. The number of hydrogen-bond acceptors (Lipinski definition) is 12. The minimum Gasteiger partial charge on any atom is -0.387 e. The van der Waals surface area contributed by atoms with Crippen molar-refractivity contribution in [2.24, 2.45) is 17.8 Å². The molecule has 3 heterocycles. The Morgan fingerprint density at radius 1 is 0.565 bits per heavy atom. The Bertz CT molecular complexity index is 2010. The smallest absolute Gasteiger partial charge is 0.387 e. The van der Waals surface area contributed by atoms with Crippen LogP contribution in [0.4, 0.5) is 5.82 Å². The minimum atomic E-state index is -4.77. The van der Waals surface area contributed by atoms with E-state index >= 15 is 0 Å². The second-order valence-electron chi connectivity index (χ2n) is 26.6. The zero-order valence-corrected chi connectivity index (χ0v) is 55.4. The number of ether oxygens (including phenoxy) is 1. The Labute approximate surface area is 518 Å². The summed E-state index contributed by atoms with van der Waals surface area (Å²) in [6.07, 6.45) is 66.6. The Kier molecular flexibility index (Phi) is 42.7. The minimum absolute atomic E-state index is 0.00657. The maximum absolute atomic E-state index is 12.7. The number of nitrogen functional groups attached to an aromatic ring is 1. The number of nitrogens with two attached hydrogens (primary N) is 1. The quantitative estimate of drug-likeness (QED) is 0.0359. The number of ketones is 1. The molecule has 1 aliphatic heterocycles. The van der Waals surface area contributed by atoms with E-state index in [-0.39, 0.29) is 23.8 Å². The van der Waals surface area contributed by atoms with Crippen molar-refractivity contribution in [3.63, 3.8) is 0 Å². The zero-order valence-electron chi connectivity index (χ0n) is 54.5. The number of Topliss-reactive ketones (excluding diaryl/α,β-unsaturated/α-hetero) is 1. The highest BCUT2D eigenvalue weighted by Gasteiger charge is 2.46. The molecule has 5 N–H and O–H groups in total. The highest BCUT2D eigenvalue weighted by Crippen LogP contribution is 2.46. The van der Waals surface area contributed by atoms with Crippen LogP contribution in [-0.2, 0) is 27.9 Å². The molecule has 2 aromatic rings.